The molecule has 3 N–H and O–H groups in total. The summed E-state index contributed by atoms with van der Waals surface area (Å²) in [6.07, 6.45) is 9.26. The normalized spacial score (nSPS) is 21.5. The summed E-state index contributed by atoms with van der Waals surface area (Å²) in [5.74, 6) is -3.22. The molecule has 3 aliphatic heterocycles. The minimum absolute atomic E-state index is 0.0363. The van der Waals surface area contributed by atoms with Gasteiger partial charge in [-0.15, -0.1) is 0 Å². The number of amides is 7. The van der Waals surface area contributed by atoms with Crippen LogP contribution in [-0.4, -0.2) is 144 Å². The fourth-order valence-corrected chi connectivity index (χ4v) is 12.4. The van der Waals surface area contributed by atoms with E-state index in [0.717, 1.165) is 43.2 Å². The summed E-state index contributed by atoms with van der Waals surface area (Å²) in [5.41, 5.74) is 3.01. The van der Waals surface area contributed by atoms with Crippen molar-refractivity contribution in [2.75, 3.05) is 39.7 Å². The standard InChI is InChI=1S/C61H87N7O10/c1-11-39(4)56(65(8)61(76)55(38(2)3)64-60(75)57-45-26-29-48(34-45)68(57)42(7)69)51(77-9)36-54(73)67-32-18-21-49(67)58(78-10)41(6)50(70)35-46(33-43-19-14-12-15-20-43)59(74)63-47-27-24-44(25-28-47)37-62-52(71)22-16-13-17-31-66-40(5)23-30-53(66)72/h12,14-15,19-20,23-25,27-28,30,38-39,41,45-46,48-49,51,55-58H,5,11,13,16-18,21-22,26,29,31-37H2,1-4,6-10H3,(H,62,71)(H,63,74)(H,64,75)/t39-,41-,45-,46+,48-,49-,51+,55-,56-,57-,58+/m0/s1. The van der Waals surface area contributed by atoms with Crippen molar-refractivity contribution in [2.45, 2.75) is 174 Å². The molecule has 17 heteroatoms. The number of fused-ring (bicyclic) bond motifs is 2. The van der Waals surface area contributed by atoms with E-state index in [4.69, 9.17) is 9.47 Å². The average Bonchev–Trinajstić information content (AvgIpc) is 4.25. The van der Waals surface area contributed by atoms with E-state index in [-0.39, 0.29) is 83.8 Å². The molecule has 2 saturated heterocycles. The number of ether oxygens (including phenoxy) is 2. The van der Waals surface area contributed by atoms with Gasteiger partial charge in [0.15, 0.2) is 0 Å². The van der Waals surface area contributed by atoms with E-state index in [2.05, 4.69) is 22.5 Å². The maximum absolute atomic E-state index is 14.6. The Morgan fingerprint density at radius 1 is 0.859 bits per heavy atom. The lowest BCUT2D eigenvalue weighted by atomic mass is 9.85. The number of allylic oxidation sites excluding steroid dienone is 1. The number of nitrogens with zero attached hydrogens (tertiary/aromatic N) is 4. The molecule has 2 aromatic carbocycles. The number of rotatable bonds is 29. The lowest BCUT2D eigenvalue weighted by Crippen LogP contribution is -2.60. The fraction of sp³-hybridized carbons (Fsp3) is 0.607. The second kappa shape index (κ2) is 28.6. The Labute approximate surface area is 462 Å². The number of benzene rings is 2. The molecule has 426 valence electrons. The summed E-state index contributed by atoms with van der Waals surface area (Å²) in [6.45, 7) is 16.4. The van der Waals surface area contributed by atoms with Crippen LogP contribution in [0.2, 0.25) is 0 Å². The molecular formula is C61H87N7O10. The number of hydrogen-bond donors (Lipinski definition) is 3. The first-order valence-electron chi connectivity index (χ1n) is 28.4. The predicted octanol–water partition coefficient (Wildman–Crippen LogP) is 6.99. The van der Waals surface area contributed by atoms with Crippen LogP contribution in [0.3, 0.4) is 0 Å². The topological polar surface area (TPSA) is 204 Å². The van der Waals surface area contributed by atoms with Gasteiger partial charge in [0, 0.05) is 96.0 Å². The zero-order chi connectivity index (χ0) is 56.8. The van der Waals surface area contributed by atoms with Crippen LogP contribution in [0.4, 0.5) is 5.69 Å². The van der Waals surface area contributed by atoms with Gasteiger partial charge in [0.2, 0.25) is 35.4 Å². The number of nitrogens with one attached hydrogen (secondary N) is 3. The first kappa shape index (κ1) is 61.0. The van der Waals surface area contributed by atoms with Gasteiger partial charge in [0.25, 0.3) is 5.91 Å². The molecule has 1 aliphatic carbocycles. The van der Waals surface area contributed by atoms with E-state index >= 15 is 0 Å². The molecule has 6 rings (SSSR count). The van der Waals surface area contributed by atoms with Crippen LogP contribution in [0.25, 0.3) is 0 Å². The predicted molar refractivity (Wildman–Crippen MR) is 299 cm³/mol. The molecule has 78 heavy (non-hydrogen) atoms. The molecule has 2 aromatic rings. The van der Waals surface area contributed by atoms with Crippen molar-refractivity contribution >= 4 is 52.8 Å². The van der Waals surface area contributed by atoms with Crippen molar-refractivity contribution in [1.82, 2.24) is 30.2 Å². The summed E-state index contributed by atoms with van der Waals surface area (Å²) in [6, 6.07) is 14.4. The number of ketones is 1. The Hall–Kier alpha value is -6.20. The van der Waals surface area contributed by atoms with Crippen molar-refractivity contribution in [2.24, 2.45) is 29.6 Å². The SMILES string of the molecule is C=C1C=CC(=O)N1CCCCCC(=O)NCc1ccc(NC(=O)[C@@H](CC(=O)[C@H](C)[C@@H](OC)[C@@H]2CCCN2C(=O)C[C@@H](OC)[C@H]([C@@H](C)CC)N(C)C(=O)[C@@H](NC(=O)[C@@H]2[C@H]3CC[C@@H](C3)N2C(C)=O)C(C)C)Cc2ccccc2)cc1. The second-order valence-electron chi connectivity index (χ2n) is 22.6. The largest absolute Gasteiger partial charge is 0.379 e. The van der Waals surface area contributed by atoms with Crippen molar-refractivity contribution in [3.05, 3.63) is 90.2 Å². The van der Waals surface area contributed by atoms with Crippen LogP contribution in [0.5, 0.6) is 0 Å². The fourth-order valence-electron chi connectivity index (χ4n) is 12.4. The highest BCUT2D eigenvalue weighted by Crippen LogP contribution is 2.43. The highest BCUT2D eigenvalue weighted by molar-refractivity contribution is 5.96. The molecule has 0 radical (unpaired) electrons. The van der Waals surface area contributed by atoms with Gasteiger partial charge in [-0.1, -0.05) is 96.5 Å². The molecule has 11 atom stereocenters. The van der Waals surface area contributed by atoms with Crippen LogP contribution in [0.15, 0.2) is 79.0 Å². The molecule has 2 bridgehead atoms. The van der Waals surface area contributed by atoms with E-state index in [1.54, 1.807) is 66.0 Å². The third-order valence-electron chi connectivity index (χ3n) is 17.0. The van der Waals surface area contributed by atoms with Gasteiger partial charge < -0.3 is 45.0 Å². The number of likely N-dealkylation sites (N-methyl/N-ethyl adjacent to an activating group) is 1. The second-order valence-corrected chi connectivity index (χ2v) is 22.6. The number of carbonyl (C=O) groups excluding carboxylic acids is 8. The molecule has 1 saturated carbocycles. The molecule has 3 fully saturated rings. The number of Topliss-reactive ketones (excluding diaryl/α,β-unsaturated/α-hetero) is 1. The van der Waals surface area contributed by atoms with Crippen molar-refractivity contribution in [3.8, 4) is 0 Å². The van der Waals surface area contributed by atoms with E-state index < -0.39 is 48.2 Å². The van der Waals surface area contributed by atoms with Crippen LogP contribution in [0, 0.1) is 29.6 Å². The minimum atomic E-state index is -0.870. The van der Waals surface area contributed by atoms with Crippen LogP contribution in [0.1, 0.15) is 130 Å². The summed E-state index contributed by atoms with van der Waals surface area (Å²) in [5, 5.41) is 9.03. The first-order valence-corrected chi connectivity index (χ1v) is 28.4. The van der Waals surface area contributed by atoms with Crippen molar-refractivity contribution in [1.29, 1.82) is 0 Å². The number of likely N-dealkylation sites (tertiary alicyclic amines) is 2. The summed E-state index contributed by atoms with van der Waals surface area (Å²) < 4.78 is 12.2. The molecular weight excluding hydrogens is 991 g/mol. The number of unbranched alkanes of at least 4 members (excludes halogenated alkanes) is 2. The van der Waals surface area contributed by atoms with Gasteiger partial charge in [-0.25, -0.2) is 0 Å². The van der Waals surface area contributed by atoms with Crippen LogP contribution in [-0.2, 0) is 60.8 Å². The third-order valence-corrected chi connectivity index (χ3v) is 17.0. The molecule has 7 amide bonds. The van der Waals surface area contributed by atoms with Crippen LogP contribution >= 0.6 is 0 Å². The maximum Gasteiger partial charge on any atom is 0.251 e. The molecule has 0 spiro atoms. The monoisotopic (exact) mass is 1080 g/mol. The number of hydrogen-bond acceptors (Lipinski definition) is 10. The zero-order valence-electron chi connectivity index (χ0n) is 47.7. The van der Waals surface area contributed by atoms with E-state index in [1.165, 1.54) is 13.0 Å². The van der Waals surface area contributed by atoms with Crippen LogP contribution < -0.4 is 16.0 Å². The summed E-state index contributed by atoms with van der Waals surface area (Å²) >= 11 is 0. The first-order chi connectivity index (χ1) is 37.3. The maximum atomic E-state index is 14.6. The number of carbonyl (C=O) groups is 8. The third kappa shape index (κ3) is 15.3. The Kier molecular flexibility index (Phi) is 22.4. The minimum Gasteiger partial charge on any atom is -0.379 e. The van der Waals surface area contributed by atoms with Crippen molar-refractivity contribution < 1.29 is 47.8 Å². The van der Waals surface area contributed by atoms with Gasteiger partial charge in [-0.2, -0.15) is 0 Å². The highest BCUT2D eigenvalue weighted by atomic mass is 16.5. The average molecular weight is 1080 g/mol. The molecule has 0 aromatic heterocycles. The number of piperidine rings is 1. The Morgan fingerprint density at radius 3 is 2.21 bits per heavy atom. The lowest BCUT2D eigenvalue weighted by Gasteiger charge is -2.41. The van der Waals surface area contributed by atoms with Gasteiger partial charge in [0.05, 0.1) is 30.7 Å². The molecule has 17 nitrogen and oxygen atoms in total. The quantitative estimate of drug-likeness (QED) is 0.0713. The molecule has 4 aliphatic rings. The summed E-state index contributed by atoms with van der Waals surface area (Å²) in [7, 11) is 4.80. The molecule has 0 unspecified atom stereocenters. The Balaban J connectivity index is 1.05. The van der Waals surface area contributed by atoms with Crippen molar-refractivity contribution in [3.63, 3.8) is 0 Å². The zero-order valence-corrected chi connectivity index (χ0v) is 47.7. The van der Waals surface area contributed by atoms with Gasteiger partial charge in [-0.3, -0.25) is 38.4 Å². The van der Waals surface area contributed by atoms with Gasteiger partial charge >= 0.3 is 0 Å². The lowest BCUT2D eigenvalue weighted by molar-refractivity contribution is -0.148. The number of methoxy groups -OCH3 is 2. The Bertz CT molecular complexity index is 2450. The van der Waals surface area contributed by atoms with E-state index in [1.807, 2.05) is 70.2 Å². The number of anilines is 1. The molecule has 3 heterocycles. The van der Waals surface area contributed by atoms with Gasteiger partial charge in [0.1, 0.15) is 17.9 Å². The van der Waals surface area contributed by atoms with E-state index in [9.17, 15) is 38.4 Å². The Morgan fingerprint density at radius 2 is 1.58 bits per heavy atom. The van der Waals surface area contributed by atoms with Gasteiger partial charge in [-0.05, 0) is 98.5 Å². The van der Waals surface area contributed by atoms with E-state index in [0.29, 0.717) is 69.5 Å². The summed E-state index contributed by atoms with van der Waals surface area (Å²) in [4.78, 5) is 116. The highest BCUT2D eigenvalue weighted by Gasteiger charge is 2.51. The smallest absolute Gasteiger partial charge is 0.251 e.